The predicted molar refractivity (Wildman–Crippen MR) is 76.6 cm³/mol. The number of para-hydroxylation sites is 1. The summed E-state index contributed by atoms with van der Waals surface area (Å²) in [6.07, 6.45) is 0.199. The number of rotatable bonds is 5. The van der Waals surface area contributed by atoms with Crippen molar-refractivity contribution in [2.45, 2.75) is 26.8 Å². The molecule has 0 saturated carbocycles. The molecule has 0 bridgehead atoms. The van der Waals surface area contributed by atoms with E-state index in [1.807, 2.05) is 6.92 Å². The summed E-state index contributed by atoms with van der Waals surface area (Å²) >= 11 is 0. The number of hydrogen-bond donors (Lipinski definition) is 1. The molecule has 1 aliphatic rings. The number of benzene rings is 1. The Morgan fingerprint density at radius 3 is 2.67 bits per heavy atom. The molecule has 1 atom stereocenters. The number of nitro groups is 1. The van der Waals surface area contributed by atoms with Crippen molar-refractivity contribution in [3.8, 4) is 0 Å². The smallest absolute Gasteiger partial charge is 0.292 e. The van der Waals surface area contributed by atoms with Gasteiger partial charge in [0.2, 0.25) is 11.8 Å². The number of nitro benzene ring substituents is 1. The number of nitrogens with zero attached hydrogens (tertiary/aromatic N) is 2. The molecule has 7 heteroatoms. The molecule has 21 heavy (non-hydrogen) atoms. The normalized spacial score (nSPS) is 18.2. The molecular weight excluding hydrogens is 274 g/mol. The highest BCUT2D eigenvalue weighted by Crippen LogP contribution is 2.31. The van der Waals surface area contributed by atoms with E-state index in [1.165, 1.54) is 11.0 Å². The lowest BCUT2D eigenvalue weighted by Crippen LogP contribution is -2.30. The quantitative estimate of drug-likeness (QED) is 0.508. The average Bonchev–Trinajstić information content (AvgIpc) is 2.67. The summed E-state index contributed by atoms with van der Waals surface area (Å²) < 4.78 is 0. The highest BCUT2D eigenvalue weighted by Gasteiger charge is 2.36. The fourth-order valence-electron chi connectivity index (χ4n) is 2.44. The number of carbonyl (C=O) groups excluding carboxylic acids is 2. The van der Waals surface area contributed by atoms with Crippen molar-refractivity contribution in [1.29, 1.82) is 0 Å². The molecule has 1 fully saturated rings. The SMILES string of the molecule is CCNc1c(CN2C(=O)CC(C)C2=O)cccc1[N+](=O)[O-]. The van der Waals surface area contributed by atoms with Crippen molar-refractivity contribution >= 4 is 23.2 Å². The van der Waals surface area contributed by atoms with Crippen LogP contribution in [0.15, 0.2) is 18.2 Å². The zero-order valence-electron chi connectivity index (χ0n) is 12.0. The molecule has 1 aromatic carbocycles. The van der Waals surface area contributed by atoms with Gasteiger partial charge in [0.25, 0.3) is 5.69 Å². The van der Waals surface area contributed by atoms with Crippen LogP contribution in [0.4, 0.5) is 11.4 Å². The van der Waals surface area contributed by atoms with Crippen LogP contribution in [-0.2, 0) is 16.1 Å². The predicted octanol–water partition coefficient (Wildman–Crippen LogP) is 1.92. The molecule has 7 nitrogen and oxygen atoms in total. The Morgan fingerprint density at radius 2 is 2.14 bits per heavy atom. The van der Waals surface area contributed by atoms with E-state index in [1.54, 1.807) is 19.1 Å². The monoisotopic (exact) mass is 291 g/mol. The minimum atomic E-state index is -0.474. The second-order valence-corrected chi connectivity index (χ2v) is 5.02. The van der Waals surface area contributed by atoms with E-state index in [0.29, 0.717) is 17.8 Å². The highest BCUT2D eigenvalue weighted by molar-refractivity contribution is 6.03. The van der Waals surface area contributed by atoms with Gasteiger partial charge in [-0.25, -0.2) is 0 Å². The van der Waals surface area contributed by atoms with Crippen LogP contribution in [0.2, 0.25) is 0 Å². The second-order valence-electron chi connectivity index (χ2n) is 5.02. The van der Waals surface area contributed by atoms with E-state index < -0.39 is 4.92 Å². The van der Waals surface area contributed by atoms with Crippen LogP contribution < -0.4 is 5.32 Å². The Kier molecular flexibility index (Phi) is 4.21. The molecule has 112 valence electrons. The average molecular weight is 291 g/mol. The molecule has 0 spiro atoms. The molecule has 1 saturated heterocycles. The summed E-state index contributed by atoms with van der Waals surface area (Å²) in [6.45, 7) is 4.11. The third kappa shape index (κ3) is 2.86. The van der Waals surface area contributed by atoms with Crippen LogP contribution >= 0.6 is 0 Å². The van der Waals surface area contributed by atoms with Crippen LogP contribution in [0.3, 0.4) is 0 Å². The second kappa shape index (κ2) is 5.90. The Bertz CT molecular complexity index is 600. The molecule has 0 aromatic heterocycles. The minimum Gasteiger partial charge on any atom is -0.379 e. The van der Waals surface area contributed by atoms with Gasteiger partial charge in [-0.1, -0.05) is 19.1 Å². The Balaban J connectivity index is 2.36. The first-order valence-corrected chi connectivity index (χ1v) is 6.80. The van der Waals surface area contributed by atoms with Crippen LogP contribution in [-0.4, -0.2) is 28.2 Å². The van der Waals surface area contributed by atoms with Gasteiger partial charge in [-0.15, -0.1) is 0 Å². The van der Waals surface area contributed by atoms with Crippen LogP contribution in [0.25, 0.3) is 0 Å². The largest absolute Gasteiger partial charge is 0.379 e. The van der Waals surface area contributed by atoms with Crippen molar-refractivity contribution < 1.29 is 14.5 Å². The maximum Gasteiger partial charge on any atom is 0.292 e. The number of likely N-dealkylation sites (tertiary alicyclic amines) is 1. The lowest BCUT2D eigenvalue weighted by Gasteiger charge is -2.17. The topological polar surface area (TPSA) is 92.6 Å². The van der Waals surface area contributed by atoms with E-state index in [-0.39, 0.29) is 36.4 Å². The molecule has 1 N–H and O–H groups in total. The summed E-state index contributed by atoms with van der Waals surface area (Å²) in [7, 11) is 0. The molecule has 1 aromatic rings. The maximum atomic E-state index is 12.0. The van der Waals surface area contributed by atoms with Crippen LogP contribution in [0.1, 0.15) is 25.8 Å². The third-order valence-electron chi connectivity index (χ3n) is 3.48. The number of nitrogens with one attached hydrogen (secondary N) is 1. The first-order chi connectivity index (χ1) is 9.95. The number of amides is 2. The Hall–Kier alpha value is -2.44. The van der Waals surface area contributed by atoms with Crippen molar-refractivity contribution in [1.82, 2.24) is 4.90 Å². The zero-order chi connectivity index (χ0) is 15.6. The first-order valence-electron chi connectivity index (χ1n) is 6.80. The molecule has 0 radical (unpaired) electrons. The molecular formula is C14H17N3O4. The van der Waals surface area contributed by atoms with Gasteiger partial charge in [0.05, 0.1) is 11.5 Å². The van der Waals surface area contributed by atoms with Crippen LogP contribution in [0.5, 0.6) is 0 Å². The summed E-state index contributed by atoms with van der Waals surface area (Å²) in [5.74, 6) is -0.783. The number of hydrogen-bond acceptors (Lipinski definition) is 5. The van der Waals surface area contributed by atoms with Crippen molar-refractivity contribution in [2.24, 2.45) is 5.92 Å². The van der Waals surface area contributed by atoms with Gasteiger partial charge in [-0.3, -0.25) is 24.6 Å². The molecule has 0 aliphatic carbocycles. The standard InChI is InChI=1S/C14H17N3O4/c1-3-15-13-10(5-4-6-11(13)17(20)21)8-16-12(18)7-9(2)14(16)19/h4-6,9,15H,3,7-8H2,1-2H3. The lowest BCUT2D eigenvalue weighted by molar-refractivity contribution is -0.384. The lowest BCUT2D eigenvalue weighted by atomic mass is 10.1. The van der Waals surface area contributed by atoms with Crippen molar-refractivity contribution in [3.05, 3.63) is 33.9 Å². The molecule has 2 amide bonds. The Labute approximate surface area is 122 Å². The van der Waals surface area contributed by atoms with Crippen LogP contribution in [0, 0.1) is 16.0 Å². The number of imide groups is 1. The van der Waals surface area contributed by atoms with Gasteiger partial charge < -0.3 is 5.32 Å². The number of anilines is 1. The number of carbonyl (C=O) groups is 2. The van der Waals surface area contributed by atoms with Gasteiger partial charge in [-0.05, 0) is 6.92 Å². The summed E-state index contributed by atoms with van der Waals surface area (Å²) in [5.41, 5.74) is 0.883. The van der Waals surface area contributed by atoms with Gasteiger partial charge in [0.1, 0.15) is 5.69 Å². The molecule has 1 heterocycles. The summed E-state index contributed by atoms with van der Waals surface area (Å²) in [5, 5.41) is 14.0. The van der Waals surface area contributed by atoms with E-state index in [9.17, 15) is 19.7 Å². The van der Waals surface area contributed by atoms with Gasteiger partial charge >= 0.3 is 0 Å². The van der Waals surface area contributed by atoms with Gasteiger partial charge in [0, 0.05) is 30.5 Å². The van der Waals surface area contributed by atoms with Gasteiger partial charge in [0.15, 0.2) is 0 Å². The van der Waals surface area contributed by atoms with E-state index >= 15 is 0 Å². The highest BCUT2D eigenvalue weighted by atomic mass is 16.6. The van der Waals surface area contributed by atoms with Crippen molar-refractivity contribution in [3.63, 3.8) is 0 Å². The maximum absolute atomic E-state index is 12.0. The fraction of sp³-hybridized carbons (Fsp3) is 0.429. The van der Waals surface area contributed by atoms with E-state index in [0.717, 1.165) is 0 Å². The van der Waals surface area contributed by atoms with E-state index in [4.69, 9.17) is 0 Å². The fourth-order valence-corrected chi connectivity index (χ4v) is 2.44. The zero-order valence-corrected chi connectivity index (χ0v) is 12.0. The first kappa shape index (κ1) is 15.0. The van der Waals surface area contributed by atoms with Crippen molar-refractivity contribution in [2.75, 3.05) is 11.9 Å². The van der Waals surface area contributed by atoms with E-state index in [2.05, 4.69) is 5.32 Å². The minimum absolute atomic E-state index is 0.0542. The Morgan fingerprint density at radius 1 is 1.43 bits per heavy atom. The van der Waals surface area contributed by atoms with Gasteiger partial charge in [-0.2, -0.15) is 0 Å². The third-order valence-corrected chi connectivity index (χ3v) is 3.48. The molecule has 1 aliphatic heterocycles. The summed E-state index contributed by atoms with van der Waals surface area (Å²) in [4.78, 5) is 35.6. The molecule has 1 unspecified atom stereocenters. The summed E-state index contributed by atoms with van der Waals surface area (Å²) in [6, 6.07) is 4.65. The molecule has 2 rings (SSSR count).